The van der Waals surface area contributed by atoms with Crippen molar-refractivity contribution in [3.8, 4) is 0 Å². The van der Waals surface area contributed by atoms with Crippen molar-refractivity contribution in [3.05, 3.63) is 35.4 Å². The van der Waals surface area contributed by atoms with Crippen molar-refractivity contribution in [3.63, 3.8) is 0 Å². The lowest BCUT2D eigenvalue weighted by atomic mass is 9.96. The summed E-state index contributed by atoms with van der Waals surface area (Å²) in [5.41, 5.74) is 0.994. The van der Waals surface area contributed by atoms with Gasteiger partial charge in [0.15, 0.2) is 11.6 Å². The Hall–Kier alpha value is -0.920. The van der Waals surface area contributed by atoms with Crippen LogP contribution in [0.4, 0.5) is 8.78 Å². The SMILES string of the molecule is CC1C[C@@]1(C)c1ccc(F)c(F)c1. The molecule has 1 unspecified atom stereocenters. The zero-order valence-electron chi connectivity index (χ0n) is 7.77. The van der Waals surface area contributed by atoms with Gasteiger partial charge in [0, 0.05) is 0 Å². The van der Waals surface area contributed by atoms with E-state index in [1.807, 2.05) is 0 Å². The van der Waals surface area contributed by atoms with Crippen LogP contribution >= 0.6 is 0 Å². The summed E-state index contributed by atoms with van der Waals surface area (Å²) in [5, 5.41) is 0. The van der Waals surface area contributed by atoms with E-state index in [0.717, 1.165) is 12.0 Å². The molecule has 0 amide bonds. The highest BCUT2D eigenvalue weighted by Gasteiger charge is 2.47. The Balaban J connectivity index is 2.38. The number of hydrogen-bond donors (Lipinski definition) is 0. The molecular weight excluding hydrogens is 170 g/mol. The predicted molar refractivity (Wildman–Crippen MR) is 47.5 cm³/mol. The van der Waals surface area contributed by atoms with E-state index in [0.29, 0.717) is 5.92 Å². The van der Waals surface area contributed by atoms with Gasteiger partial charge in [-0.2, -0.15) is 0 Å². The Bertz CT molecular complexity index is 346. The van der Waals surface area contributed by atoms with E-state index in [9.17, 15) is 8.78 Å². The van der Waals surface area contributed by atoms with Crippen molar-refractivity contribution in [2.75, 3.05) is 0 Å². The standard InChI is InChI=1S/C11H12F2/c1-7-6-11(7,2)8-3-4-9(12)10(13)5-8/h3-5,7H,6H2,1-2H3/t7?,11-/m1/s1. The second-order valence-electron chi connectivity index (χ2n) is 4.15. The van der Waals surface area contributed by atoms with Gasteiger partial charge in [-0.25, -0.2) is 8.78 Å². The van der Waals surface area contributed by atoms with Gasteiger partial charge < -0.3 is 0 Å². The smallest absolute Gasteiger partial charge is 0.159 e. The van der Waals surface area contributed by atoms with Crippen LogP contribution in [0.5, 0.6) is 0 Å². The number of rotatable bonds is 1. The third kappa shape index (κ3) is 1.25. The molecule has 1 saturated carbocycles. The maximum absolute atomic E-state index is 12.9. The molecule has 0 heterocycles. The summed E-state index contributed by atoms with van der Waals surface area (Å²) in [4.78, 5) is 0. The Morgan fingerprint density at radius 3 is 2.38 bits per heavy atom. The third-order valence-corrected chi connectivity index (χ3v) is 3.24. The molecule has 1 aromatic carbocycles. The first-order chi connectivity index (χ1) is 6.04. The molecular formula is C11H12F2. The zero-order chi connectivity index (χ0) is 9.64. The van der Waals surface area contributed by atoms with E-state index in [2.05, 4.69) is 13.8 Å². The fraction of sp³-hybridized carbons (Fsp3) is 0.455. The molecule has 0 N–H and O–H groups in total. The van der Waals surface area contributed by atoms with Gasteiger partial charge in [-0.15, -0.1) is 0 Å². The minimum Gasteiger partial charge on any atom is -0.204 e. The lowest BCUT2D eigenvalue weighted by Gasteiger charge is -2.10. The molecule has 2 rings (SSSR count). The van der Waals surface area contributed by atoms with Crippen molar-refractivity contribution in [1.82, 2.24) is 0 Å². The Kier molecular flexibility index (Phi) is 1.69. The molecule has 0 aliphatic heterocycles. The highest BCUT2D eigenvalue weighted by Crippen LogP contribution is 2.53. The molecule has 0 bridgehead atoms. The maximum atomic E-state index is 12.9. The predicted octanol–water partition coefficient (Wildman–Crippen LogP) is 3.26. The van der Waals surface area contributed by atoms with Gasteiger partial charge >= 0.3 is 0 Å². The first-order valence-electron chi connectivity index (χ1n) is 4.49. The van der Waals surface area contributed by atoms with Crippen molar-refractivity contribution in [2.24, 2.45) is 5.92 Å². The maximum Gasteiger partial charge on any atom is 0.159 e. The van der Waals surface area contributed by atoms with Crippen molar-refractivity contribution in [2.45, 2.75) is 25.7 Å². The van der Waals surface area contributed by atoms with E-state index in [-0.39, 0.29) is 5.41 Å². The summed E-state index contributed by atoms with van der Waals surface area (Å²) >= 11 is 0. The van der Waals surface area contributed by atoms with Crippen molar-refractivity contribution >= 4 is 0 Å². The molecule has 2 heteroatoms. The first kappa shape index (κ1) is 8.67. The van der Waals surface area contributed by atoms with E-state index in [4.69, 9.17) is 0 Å². The van der Waals surface area contributed by atoms with Crippen molar-refractivity contribution < 1.29 is 8.78 Å². The molecule has 2 atom stereocenters. The fourth-order valence-electron chi connectivity index (χ4n) is 1.83. The number of hydrogen-bond acceptors (Lipinski definition) is 0. The monoisotopic (exact) mass is 182 g/mol. The van der Waals surface area contributed by atoms with Crippen LogP contribution in [0, 0.1) is 17.6 Å². The van der Waals surface area contributed by atoms with E-state index in [1.165, 1.54) is 12.1 Å². The van der Waals surface area contributed by atoms with Gasteiger partial charge in [0.25, 0.3) is 0 Å². The van der Waals surface area contributed by atoms with E-state index in [1.54, 1.807) is 6.07 Å². The summed E-state index contributed by atoms with van der Waals surface area (Å²) in [5.74, 6) is -0.921. The average Bonchev–Trinajstić information content (AvgIpc) is 2.67. The molecule has 1 aliphatic carbocycles. The van der Waals surface area contributed by atoms with Crippen LogP contribution in [-0.2, 0) is 5.41 Å². The quantitative estimate of drug-likeness (QED) is 0.625. The minimum absolute atomic E-state index is 0.0779. The number of halogens is 2. The third-order valence-electron chi connectivity index (χ3n) is 3.24. The Labute approximate surface area is 76.6 Å². The molecule has 1 aromatic rings. The largest absolute Gasteiger partial charge is 0.204 e. The van der Waals surface area contributed by atoms with Gasteiger partial charge in [-0.1, -0.05) is 19.9 Å². The van der Waals surface area contributed by atoms with Crippen LogP contribution in [0.1, 0.15) is 25.8 Å². The van der Waals surface area contributed by atoms with Crippen LogP contribution in [0.2, 0.25) is 0 Å². The lowest BCUT2D eigenvalue weighted by molar-refractivity contribution is 0.504. The topological polar surface area (TPSA) is 0 Å². The molecule has 1 aliphatic rings. The normalized spacial score (nSPS) is 31.8. The molecule has 1 fully saturated rings. The lowest BCUT2D eigenvalue weighted by Crippen LogP contribution is -2.04. The molecule has 0 spiro atoms. The minimum atomic E-state index is -0.763. The molecule has 0 aromatic heterocycles. The Morgan fingerprint density at radius 2 is 1.92 bits per heavy atom. The molecule has 0 nitrogen and oxygen atoms in total. The van der Waals surface area contributed by atoms with Gasteiger partial charge in [-0.05, 0) is 35.4 Å². The second-order valence-corrected chi connectivity index (χ2v) is 4.15. The highest BCUT2D eigenvalue weighted by molar-refractivity contribution is 5.32. The zero-order valence-corrected chi connectivity index (χ0v) is 7.77. The van der Waals surface area contributed by atoms with E-state index >= 15 is 0 Å². The highest BCUT2D eigenvalue weighted by atomic mass is 19.2. The first-order valence-corrected chi connectivity index (χ1v) is 4.49. The average molecular weight is 182 g/mol. The van der Waals surface area contributed by atoms with Gasteiger partial charge in [0.1, 0.15) is 0 Å². The summed E-state index contributed by atoms with van der Waals surface area (Å²) in [6.45, 7) is 4.21. The van der Waals surface area contributed by atoms with Crippen LogP contribution in [-0.4, -0.2) is 0 Å². The van der Waals surface area contributed by atoms with Crippen LogP contribution in [0.25, 0.3) is 0 Å². The van der Waals surface area contributed by atoms with Crippen LogP contribution in [0.3, 0.4) is 0 Å². The van der Waals surface area contributed by atoms with Crippen LogP contribution in [0.15, 0.2) is 18.2 Å². The second kappa shape index (κ2) is 2.53. The number of benzene rings is 1. The van der Waals surface area contributed by atoms with Crippen molar-refractivity contribution in [1.29, 1.82) is 0 Å². The van der Waals surface area contributed by atoms with E-state index < -0.39 is 11.6 Å². The van der Waals surface area contributed by atoms with Gasteiger partial charge in [0.2, 0.25) is 0 Å². The molecule has 70 valence electrons. The molecule has 0 saturated heterocycles. The molecule has 13 heavy (non-hydrogen) atoms. The van der Waals surface area contributed by atoms with Gasteiger partial charge in [0.05, 0.1) is 0 Å². The van der Waals surface area contributed by atoms with Gasteiger partial charge in [-0.3, -0.25) is 0 Å². The fourth-order valence-corrected chi connectivity index (χ4v) is 1.83. The summed E-state index contributed by atoms with van der Waals surface area (Å²) in [6.07, 6.45) is 1.07. The van der Waals surface area contributed by atoms with Crippen LogP contribution < -0.4 is 0 Å². The summed E-state index contributed by atoms with van der Waals surface area (Å²) in [7, 11) is 0. The summed E-state index contributed by atoms with van der Waals surface area (Å²) < 4.78 is 25.5. The Morgan fingerprint density at radius 1 is 1.31 bits per heavy atom. The summed E-state index contributed by atoms with van der Waals surface area (Å²) in [6, 6.07) is 4.21. The molecule has 0 radical (unpaired) electrons.